The van der Waals surface area contributed by atoms with Crippen LogP contribution in [0.4, 0.5) is 0 Å². The highest BCUT2D eigenvalue weighted by atomic mass is 79.9. The van der Waals surface area contributed by atoms with Gasteiger partial charge >= 0.3 is 0 Å². The van der Waals surface area contributed by atoms with E-state index in [9.17, 15) is 0 Å². The summed E-state index contributed by atoms with van der Waals surface area (Å²) in [6.45, 7) is 3.05. The lowest BCUT2D eigenvalue weighted by atomic mass is 10.1. The molecule has 2 rings (SSSR count). The van der Waals surface area contributed by atoms with Gasteiger partial charge in [0.15, 0.2) is 0 Å². The van der Waals surface area contributed by atoms with Gasteiger partial charge in [0.05, 0.1) is 5.02 Å². The van der Waals surface area contributed by atoms with Gasteiger partial charge in [-0.1, -0.05) is 17.7 Å². The van der Waals surface area contributed by atoms with Crippen LogP contribution in [0.15, 0.2) is 22.7 Å². The first-order valence-electron chi connectivity index (χ1n) is 4.66. The molecule has 1 aromatic carbocycles. The normalized spacial score (nSPS) is 22.3. The number of nitrogens with one attached hydrogen (secondary N) is 2. The number of rotatable bonds is 1. The predicted molar refractivity (Wildman–Crippen MR) is 62.8 cm³/mol. The van der Waals surface area contributed by atoms with Gasteiger partial charge in [-0.15, -0.1) is 0 Å². The lowest BCUT2D eigenvalue weighted by molar-refractivity contribution is 0.430. The summed E-state index contributed by atoms with van der Waals surface area (Å²) in [5.41, 5.74) is 1.27. The lowest BCUT2D eigenvalue weighted by Gasteiger charge is -2.25. The summed E-state index contributed by atoms with van der Waals surface area (Å²) in [5.74, 6) is 0. The monoisotopic (exact) mass is 274 g/mol. The number of piperazine rings is 1. The van der Waals surface area contributed by atoms with E-state index in [0.717, 1.165) is 29.1 Å². The van der Waals surface area contributed by atoms with Gasteiger partial charge < -0.3 is 10.6 Å². The largest absolute Gasteiger partial charge is 0.314 e. The van der Waals surface area contributed by atoms with E-state index in [1.165, 1.54) is 5.56 Å². The molecule has 76 valence electrons. The van der Waals surface area contributed by atoms with Crippen molar-refractivity contribution in [3.63, 3.8) is 0 Å². The first-order chi connectivity index (χ1) is 6.77. The van der Waals surface area contributed by atoms with Crippen LogP contribution in [-0.2, 0) is 0 Å². The van der Waals surface area contributed by atoms with Crippen molar-refractivity contribution in [1.29, 1.82) is 0 Å². The van der Waals surface area contributed by atoms with Crippen LogP contribution in [-0.4, -0.2) is 19.6 Å². The zero-order valence-electron chi connectivity index (χ0n) is 7.69. The third kappa shape index (κ3) is 2.28. The van der Waals surface area contributed by atoms with Gasteiger partial charge in [-0.05, 0) is 33.6 Å². The molecule has 2 N–H and O–H groups in total. The molecule has 0 aliphatic carbocycles. The Hall–Kier alpha value is -0.0900. The van der Waals surface area contributed by atoms with E-state index in [0.29, 0.717) is 6.04 Å². The maximum Gasteiger partial charge on any atom is 0.0548 e. The Morgan fingerprint density at radius 2 is 2.21 bits per heavy atom. The summed E-state index contributed by atoms with van der Waals surface area (Å²) in [7, 11) is 0. The Kier molecular flexibility index (Phi) is 3.44. The number of halogens is 2. The zero-order chi connectivity index (χ0) is 9.97. The highest BCUT2D eigenvalue weighted by Gasteiger charge is 2.14. The molecule has 2 nitrogen and oxygen atoms in total. The molecule has 1 saturated heterocycles. The van der Waals surface area contributed by atoms with Gasteiger partial charge in [0, 0.05) is 30.1 Å². The minimum Gasteiger partial charge on any atom is -0.314 e. The van der Waals surface area contributed by atoms with Crippen LogP contribution in [0, 0.1) is 0 Å². The Labute approximate surface area is 97.2 Å². The van der Waals surface area contributed by atoms with E-state index in [1.807, 2.05) is 6.07 Å². The van der Waals surface area contributed by atoms with E-state index in [-0.39, 0.29) is 0 Å². The average Bonchev–Trinajstić information content (AvgIpc) is 2.23. The minimum absolute atomic E-state index is 0.400. The Balaban J connectivity index is 2.18. The molecule has 0 aromatic heterocycles. The Bertz CT molecular complexity index is 324. The zero-order valence-corrected chi connectivity index (χ0v) is 10.0. The van der Waals surface area contributed by atoms with Crippen molar-refractivity contribution < 1.29 is 0 Å². The molecule has 0 unspecified atom stereocenters. The van der Waals surface area contributed by atoms with Crippen molar-refractivity contribution in [1.82, 2.24) is 10.6 Å². The molecule has 4 heteroatoms. The summed E-state index contributed by atoms with van der Waals surface area (Å²) in [6, 6.07) is 6.47. The predicted octanol–water partition coefficient (Wildman–Crippen LogP) is 2.34. The molecule has 1 aliphatic heterocycles. The number of hydrogen-bond acceptors (Lipinski definition) is 2. The van der Waals surface area contributed by atoms with Gasteiger partial charge in [0.1, 0.15) is 0 Å². The molecule has 0 saturated carbocycles. The molecular formula is C10H12BrClN2. The first-order valence-corrected chi connectivity index (χ1v) is 5.83. The Morgan fingerprint density at radius 1 is 1.36 bits per heavy atom. The van der Waals surface area contributed by atoms with Crippen LogP contribution in [0.3, 0.4) is 0 Å². The first kappa shape index (κ1) is 10.4. The van der Waals surface area contributed by atoms with Gasteiger partial charge in [0.25, 0.3) is 0 Å². The van der Waals surface area contributed by atoms with Crippen molar-refractivity contribution in [2.45, 2.75) is 6.04 Å². The van der Waals surface area contributed by atoms with E-state index in [2.05, 4.69) is 38.7 Å². The van der Waals surface area contributed by atoms with E-state index in [4.69, 9.17) is 11.6 Å². The molecule has 0 spiro atoms. The summed E-state index contributed by atoms with van der Waals surface area (Å²) in [4.78, 5) is 0. The second-order valence-corrected chi connectivity index (χ2v) is 4.65. The second-order valence-electron chi connectivity index (χ2n) is 3.38. The fraction of sp³-hybridized carbons (Fsp3) is 0.400. The van der Waals surface area contributed by atoms with E-state index < -0.39 is 0 Å². The van der Waals surface area contributed by atoms with Gasteiger partial charge in [-0.2, -0.15) is 0 Å². The van der Waals surface area contributed by atoms with Crippen molar-refractivity contribution in [2.75, 3.05) is 19.6 Å². The molecule has 0 amide bonds. The summed E-state index contributed by atoms with van der Waals surface area (Å²) < 4.78 is 0.962. The molecule has 1 atom stereocenters. The maximum atomic E-state index is 5.94. The van der Waals surface area contributed by atoms with Crippen LogP contribution >= 0.6 is 27.5 Å². The SMILES string of the molecule is Clc1ccc([C@H]2CNCCN2)cc1Br. The summed E-state index contributed by atoms with van der Waals surface area (Å²) >= 11 is 9.37. The molecule has 1 aromatic rings. The summed E-state index contributed by atoms with van der Waals surface area (Å²) in [6.07, 6.45) is 0. The fourth-order valence-electron chi connectivity index (χ4n) is 1.62. The van der Waals surface area contributed by atoms with Crippen LogP contribution in [0.2, 0.25) is 5.02 Å². The smallest absolute Gasteiger partial charge is 0.0548 e. The Morgan fingerprint density at radius 3 is 2.86 bits per heavy atom. The molecule has 0 bridgehead atoms. The van der Waals surface area contributed by atoms with Gasteiger partial charge in [-0.25, -0.2) is 0 Å². The van der Waals surface area contributed by atoms with Crippen molar-refractivity contribution in [3.8, 4) is 0 Å². The molecule has 1 heterocycles. The number of hydrogen-bond donors (Lipinski definition) is 2. The van der Waals surface area contributed by atoms with E-state index in [1.54, 1.807) is 0 Å². The third-order valence-electron chi connectivity index (χ3n) is 2.39. The topological polar surface area (TPSA) is 24.1 Å². The average molecular weight is 276 g/mol. The van der Waals surface area contributed by atoms with Gasteiger partial charge in [0.2, 0.25) is 0 Å². The second kappa shape index (κ2) is 4.62. The van der Waals surface area contributed by atoms with Crippen LogP contribution in [0.1, 0.15) is 11.6 Å². The lowest BCUT2D eigenvalue weighted by Crippen LogP contribution is -2.42. The maximum absolute atomic E-state index is 5.94. The van der Waals surface area contributed by atoms with Crippen LogP contribution in [0.25, 0.3) is 0 Å². The summed E-state index contributed by atoms with van der Waals surface area (Å²) in [5, 5.41) is 7.57. The molecule has 1 aliphatic rings. The van der Waals surface area contributed by atoms with Crippen molar-refractivity contribution >= 4 is 27.5 Å². The van der Waals surface area contributed by atoms with Crippen LogP contribution < -0.4 is 10.6 Å². The standard InChI is InChI=1S/C10H12BrClN2/c11-8-5-7(1-2-9(8)12)10-6-13-3-4-14-10/h1-2,5,10,13-14H,3-4,6H2/t10-/m1/s1. The number of benzene rings is 1. The highest BCUT2D eigenvalue weighted by molar-refractivity contribution is 9.10. The fourth-order valence-corrected chi connectivity index (χ4v) is 2.13. The molecule has 1 fully saturated rings. The van der Waals surface area contributed by atoms with Crippen molar-refractivity contribution in [3.05, 3.63) is 33.3 Å². The third-order valence-corrected chi connectivity index (χ3v) is 3.60. The highest BCUT2D eigenvalue weighted by Crippen LogP contribution is 2.26. The van der Waals surface area contributed by atoms with Crippen LogP contribution in [0.5, 0.6) is 0 Å². The molecule has 0 radical (unpaired) electrons. The van der Waals surface area contributed by atoms with Crippen molar-refractivity contribution in [2.24, 2.45) is 0 Å². The minimum atomic E-state index is 0.400. The van der Waals surface area contributed by atoms with Gasteiger partial charge in [-0.3, -0.25) is 0 Å². The quantitative estimate of drug-likeness (QED) is 0.822. The molecule has 14 heavy (non-hydrogen) atoms. The molecular weight excluding hydrogens is 263 g/mol. The van der Waals surface area contributed by atoms with E-state index >= 15 is 0 Å².